The zero-order valence-corrected chi connectivity index (χ0v) is 14.1. The monoisotopic (exact) mass is 356 g/mol. The van der Waals surface area contributed by atoms with Crippen molar-refractivity contribution in [3.8, 4) is 6.07 Å². The van der Waals surface area contributed by atoms with Crippen molar-refractivity contribution in [2.45, 2.75) is 6.61 Å². The molecular formula is C18H16N2O4S. The summed E-state index contributed by atoms with van der Waals surface area (Å²) in [6.45, 7) is -0.583. The molecule has 0 radical (unpaired) electrons. The van der Waals surface area contributed by atoms with E-state index in [-0.39, 0.29) is 6.61 Å². The fourth-order valence-electron chi connectivity index (χ4n) is 1.90. The molecule has 0 fully saturated rings. The van der Waals surface area contributed by atoms with Crippen molar-refractivity contribution in [1.82, 2.24) is 4.72 Å². The number of ether oxygens (including phenoxy) is 1. The number of sulfonamides is 1. The third-order valence-electron chi connectivity index (χ3n) is 3.18. The number of carbonyl (C=O) groups is 1. The molecule has 2 aromatic rings. The number of nitrogens with one attached hydrogen (secondary N) is 1. The molecule has 0 aromatic heterocycles. The van der Waals surface area contributed by atoms with Crippen molar-refractivity contribution in [3.05, 3.63) is 76.7 Å². The largest absolute Gasteiger partial charge is 0.460 e. The van der Waals surface area contributed by atoms with Crippen LogP contribution in [-0.4, -0.2) is 20.9 Å². The lowest BCUT2D eigenvalue weighted by molar-refractivity contribution is -0.143. The predicted octanol–water partition coefficient (Wildman–Crippen LogP) is 2.19. The van der Waals surface area contributed by atoms with Crippen LogP contribution in [0, 0.1) is 11.3 Å². The van der Waals surface area contributed by atoms with Crippen molar-refractivity contribution in [3.63, 3.8) is 0 Å². The maximum atomic E-state index is 11.8. The van der Waals surface area contributed by atoms with Gasteiger partial charge >= 0.3 is 5.97 Å². The van der Waals surface area contributed by atoms with Gasteiger partial charge in [0.15, 0.2) is 0 Å². The van der Waals surface area contributed by atoms with Crippen LogP contribution >= 0.6 is 0 Å². The molecule has 0 aliphatic heterocycles. The minimum Gasteiger partial charge on any atom is -0.460 e. The molecule has 0 heterocycles. The summed E-state index contributed by atoms with van der Waals surface area (Å²) >= 11 is 0. The van der Waals surface area contributed by atoms with Crippen LogP contribution in [0.15, 0.2) is 60.0 Å². The average molecular weight is 356 g/mol. The van der Waals surface area contributed by atoms with Crippen molar-refractivity contribution < 1.29 is 17.9 Å². The Hall–Kier alpha value is -2.95. The normalized spacial score (nSPS) is 11.2. The number of nitriles is 1. The minimum absolute atomic E-state index is 0.0931. The van der Waals surface area contributed by atoms with Crippen LogP contribution in [0.1, 0.15) is 16.7 Å². The van der Waals surface area contributed by atoms with E-state index in [1.807, 2.05) is 12.1 Å². The van der Waals surface area contributed by atoms with Gasteiger partial charge in [-0.25, -0.2) is 13.1 Å². The zero-order valence-electron chi connectivity index (χ0n) is 13.3. The number of hydrogen-bond acceptors (Lipinski definition) is 5. The van der Waals surface area contributed by atoms with E-state index < -0.39 is 22.5 Å². The van der Waals surface area contributed by atoms with Crippen molar-refractivity contribution >= 4 is 22.1 Å². The van der Waals surface area contributed by atoms with Crippen molar-refractivity contribution in [1.29, 1.82) is 5.26 Å². The fourth-order valence-corrected chi connectivity index (χ4v) is 2.66. The van der Waals surface area contributed by atoms with E-state index >= 15 is 0 Å². The van der Waals surface area contributed by atoms with E-state index in [2.05, 4.69) is 4.72 Å². The van der Waals surface area contributed by atoms with Crippen LogP contribution in [-0.2, 0) is 26.2 Å². The zero-order chi connectivity index (χ0) is 18.1. The van der Waals surface area contributed by atoms with Gasteiger partial charge < -0.3 is 4.74 Å². The first kappa shape index (κ1) is 18.4. The van der Waals surface area contributed by atoms with Crippen molar-refractivity contribution in [2.24, 2.45) is 0 Å². The molecule has 2 rings (SSSR count). The second-order valence-corrected chi connectivity index (χ2v) is 6.66. The number of benzene rings is 2. The lowest BCUT2D eigenvalue weighted by Crippen LogP contribution is -2.29. The van der Waals surface area contributed by atoms with Gasteiger partial charge in [-0.1, -0.05) is 48.5 Å². The van der Waals surface area contributed by atoms with Crippen LogP contribution in [0.25, 0.3) is 6.08 Å². The Morgan fingerprint density at radius 1 is 1.12 bits per heavy atom. The number of nitrogens with zero attached hydrogens (tertiary/aromatic N) is 1. The Morgan fingerprint density at radius 2 is 1.80 bits per heavy atom. The van der Waals surface area contributed by atoms with Crippen LogP contribution < -0.4 is 4.72 Å². The van der Waals surface area contributed by atoms with Gasteiger partial charge in [0, 0.05) is 11.0 Å². The second-order valence-electron chi connectivity index (χ2n) is 5.01. The van der Waals surface area contributed by atoms with Gasteiger partial charge in [-0.3, -0.25) is 4.79 Å². The Bertz CT molecular complexity index is 900. The van der Waals surface area contributed by atoms with Gasteiger partial charge in [0.2, 0.25) is 10.0 Å². The molecular weight excluding hydrogens is 340 g/mol. The Morgan fingerprint density at radius 3 is 2.52 bits per heavy atom. The number of carbonyl (C=O) groups excluding carboxylic acids is 1. The first-order valence-corrected chi connectivity index (χ1v) is 8.91. The summed E-state index contributed by atoms with van der Waals surface area (Å²) in [6, 6.07) is 17.6. The average Bonchev–Trinajstić information content (AvgIpc) is 2.64. The highest BCUT2D eigenvalue weighted by Gasteiger charge is 2.11. The van der Waals surface area contributed by atoms with Gasteiger partial charge in [-0.05, 0) is 17.7 Å². The van der Waals surface area contributed by atoms with E-state index in [1.54, 1.807) is 48.5 Å². The van der Waals surface area contributed by atoms with Crippen LogP contribution in [0.4, 0.5) is 0 Å². The molecule has 0 spiro atoms. The molecule has 0 aliphatic carbocycles. The highest BCUT2D eigenvalue weighted by molar-refractivity contribution is 7.92. The van der Waals surface area contributed by atoms with Crippen LogP contribution in [0.2, 0.25) is 0 Å². The maximum absolute atomic E-state index is 11.8. The maximum Gasteiger partial charge on any atom is 0.321 e. The lowest BCUT2D eigenvalue weighted by atomic mass is 10.1. The summed E-state index contributed by atoms with van der Waals surface area (Å²) in [6.07, 6.45) is 1.43. The molecule has 1 N–H and O–H groups in total. The first-order chi connectivity index (χ1) is 12.0. The summed E-state index contributed by atoms with van der Waals surface area (Å²) in [5.74, 6) is -0.732. The van der Waals surface area contributed by atoms with E-state index in [9.17, 15) is 13.2 Å². The molecule has 2 aromatic carbocycles. The molecule has 0 aliphatic rings. The summed E-state index contributed by atoms with van der Waals surface area (Å²) in [4.78, 5) is 11.7. The molecule has 25 heavy (non-hydrogen) atoms. The van der Waals surface area contributed by atoms with Gasteiger partial charge in [0.05, 0.1) is 11.6 Å². The fraction of sp³-hybridized carbons (Fsp3) is 0.111. The number of rotatable bonds is 7. The predicted molar refractivity (Wildman–Crippen MR) is 93.4 cm³/mol. The number of esters is 1. The summed E-state index contributed by atoms with van der Waals surface area (Å²) < 4.78 is 30.8. The van der Waals surface area contributed by atoms with E-state index in [4.69, 9.17) is 10.00 Å². The standard InChI is InChI=1S/C18H16N2O4S/c19-12-16-8-4-5-9-17(16)14-24-18(21)13-20-25(22,23)11-10-15-6-2-1-3-7-15/h1-11,20H,13-14H2/b11-10+. The molecule has 0 unspecified atom stereocenters. The SMILES string of the molecule is N#Cc1ccccc1COC(=O)CNS(=O)(=O)/C=C/c1ccccc1. The van der Waals surface area contributed by atoms with Crippen LogP contribution in [0.5, 0.6) is 0 Å². The summed E-state index contributed by atoms with van der Waals surface area (Å²) in [5, 5.41) is 9.94. The molecule has 0 amide bonds. The highest BCUT2D eigenvalue weighted by atomic mass is 32.2. The van der Waals surface area contributed by atoms with Gasteiger partial charge in [0.1, 0.15) is 13.2 Å². The van der Waals surface area contributed by atoms with Crippen molar-refractivity contribution in [2.75, 3.05) is 6.54 Å². The summed E-state index contributed by atoms with van der Waals surface area (Å²) in [5.41, 5.74) is 1.69. The minimum atomic E-state index is -3.75. The highest BCUT2D eigenvalue weighted by Crippen LogP contribution is 2.08. The van der Waals surface area contributed by atoms with Gasteiger partial charge in [-0.2, -0.15) is 5.26 Å². The second kappa shape index (κ2) is 8.78. The molecule has 0 atom stereocenters. The van der Waals surface area contributed by atoms with E-state index in [0.717, 1.165) is 11.0 Å². The Kier molecular flexibility index (Phi) is 6.46. The van der Waals surface area contributed by atoms with E-state index in [0.29, 0.717) is 11.1 Å². The molecule has 0 saturated carbocycles. The Balaban J connectivity index is 1.85. The smallest absolute Gasteiger partial charge is 0.321 e. The molecule has 128 valence electrons. The molecule has 6 nitrogen and oxygen atoms in total. The Labute approximate surface area is 146 Å². The lowest BCUT2D eigenvalue weighted by Gasteiger charge is -2.06. The third-order valence-corrected chi connectivity index (χ3v) is 4.22. The molecule has 7 heteroatoms. The van der Waals surface area contributed by atoms with Gasteiger partial charge in [0.25, 0.3) is 0 Å². The molecule has 0 bridgehead atoms. The third kappa shape index (κ3) is 6.22. The molecule has 0 saturated heterocycles. The number of hydrogen-bond donors (Lipinski definition) is 1. The first-order valence-electron chi connectivity index (χ1n) is 7.36. The quantitative estimate of drug-likeness (QED) is 0.767. The summed E-state index contributed by atoms with van der Waals surface area (Å²) in [7, 11) is -3.75. The van der Waals surface area contributed by atoms with E-state index in [1.165, 1.54) is 6.08 Å². The van der Waals surface area contributed by atoms with Gasteiger partial charge in [-0.15, -0.1) is 0 Å². The van der Waals surface area contributed by atoms with Crippen LogP contribution in [0.3, 0.4) is 0 Å². The topological polar surface area (TPSA) is 96.3 Å².